The van der Waals surface area contributed by atoms with Crippen molar-refractivity contribution in [2.75, 3.05) is 6.61 Å². The Balaban J connectivity index is 1.96. The molecule has 0 radical (unpaired) electrons. The van der Waals surface area contributed by atoms with Crippen molar-refractivity contribution in [3.8, 4) is 5.75 Å². The van der Waals surface area contributed by atoms with Crippen LogP contribution in [0.1, 0.15) is 45.2 Å². The summed E-state index contributed by atoms with van der Waals surface area (Å²) >= 11 is 1.55. The van der Waals surface area contributed by atoms with E-state index in [9.17, 15) is 18.0 Å². The van der Waals surface area contributed by atoms with Gasteiger partial charge in [0.15, 0.2) is 6.61 Å². The van der Waals surface area contributed by atoms with Crippen LogP contribution in [0.4, 0.5) is 13.2 Å². The van der Waals surface area contributed by atoms with Crippen LogP contribution in [0.15, 0.2) is 70.8 Å². The molecule has 0 fully saturated rings. The summed E-state index contributed by atoms with van der Waals surface area (Å²) in [5.41, 5.74) is 3.02. The second-order valence-electron chi connectivity index (χ2n) is 8.38. The van der Waals surface area contributed by atoms with Gasteiger partial charge in [-0.25, -0.2) is 4.79 Å². The number of para-hydroxylation sites is 1. The zero-order valence-electron chi connectivity index (χ0n) is 20.1. The summed E-state index contributed by atoms with van der Waals surface area (Å²) in [5.74, 6) is -0.571. The van der Waals surface area contributed by atoms with E-state index >= 15 is 0 Å². The van der Waals surface area contributed by atoms with Crippen LogP contribution in [-0.4, -0.2) is 22.2 Å². The first-order valence-electron chi connectivity index (χ1n) is 11.1. The van der Waals surface area contributed by atoms with Crippen LogP contribution in [0.2, 0.25) is 0 Å². The van der Waals surface area contributed by atoms with Crippen molar-refractivity contribution in [3.63, 3.8) is 0 Å². The predicted octanol–water partition coefficient (Wildman–Crippen LogP) is 7.99. The summed E-state index contributed by atoms with van der Waals surface area (Å²) in [5, 5.41) is 9.94. The van der Waals surface area contributed by atoms with E-state index in [-0.39, 0.29) is 0 Å². The first-order valence-corrected chi connectivity index (χ1v) is 12.0. The SMILES string of the molecule is CC/C(C)=C(/SC(Cn1ccc2cccc(OCC(=O)O)c21)=C(C)C)c1ccc(C(F)(F)F)cc1. The molecule has 0 atom stereocenters. The molecule has 1 N–H and O–H groups in total. The highest BCUT2D eigenvalue weighted by atomic mass is 32.2. The van der Waals surface area contributed by atoms with E-state index in [2.05, 4.69) is 0 Å². The van der Waals surface area contributed by atoms with Gasteiger partial charge in [-0.3, -0.25) is 0 Å². The van der Waals surface area contributed by atoms with E-state index in [1.54, 1.807) is 17.8 Å². The van der Waals surface area contributed by atoms with E-state index in [4.69, 9.17) is 9.84 Å². The lowest BCUT2D eigenvalue weighted by molar-refractivity contribution is -0.139. The molecule has 2 aromatic carbocycles. The van der Waals surface area contributed by atoms with Crippen LogP contribution in [-0.2, 0) is 17.5 Å². The number of alkyl halides is 3. The molecule has 3 aromatic rings. The number of allylic oxidation sites excluding steroid dienone is 3. The van der Waals surface area contributed by atoms with Gasteiger partial charge in [-0.2, -0.15) is 13.2 Å². The highest BCUT2D eigenvalue weighted by molar-refractivity contribution is 8.11. The van der Waals surface area contributed by atoms with Crippen molar-refractivity contribution in [2.24, 2.45) is 0 Å². The number of carboxylic acid groups (broad SMARTS) is 1. The molecule has 0 saturated heterocycles. The Bertz CT molecular complexity index is 1270. The third kappa shape index (κ3) is 6.51. The van der Waals surface area contributed by atoms with Crippen molar-refractivity contribution in [1.29, 1.82) is 0 Å². The van der Waals surface area contributed by atoms with E-state index in [1.807, 2.05) is 56.7 Å². The minimum absolute atomic E-state index is 0.439. The Labute approximate surface area is 207 Å². The molecule has 8 heteroatoms. The smallest absolute Gasteiger partial charge is 0.416 e. The van der Waals surface area contributed by atoms with Gasteiger partial charge in [0, 0.05) is 21.4 Å². The summed E-state index contributed by atoms with van der Waals surface area (Å²) in [6.07, 6.45) is -1.69. The lowest BCUT2D eigenvalue weighted by Crippen LogP contribution is -2.10. The minimum Gasteiger partial charge on any atom is -0.480 e. The fourth-order valence-corrected chi connectivity index (χ4v) is 4.77. The highest BCUT2D eigenvalue weighted by Crippen LogP contribution is 2.41. The number of aliphatic carboxylic acids is 1. The number of carbonyl (C=O) groups is 1. The first kappa shape index (κ1) is 26.5. The van der Waals surface area contributed by atoms with E-state index < -0.39 is 24.3 Å². The number of benzene rings is 2. The molecule has 1 aromatic heterocycles. The molecule has 0 amide bonds. The molecule has 0 unspecified atom stereocenters. The molecular formula is C27H28F3NO3S. The minimum atomic E-state index is -4.38. The number of halogens is 3. The van der Waals surface area contributed by atoms with Gasteiger partial charge in [0.05, 0.1) is 17.6 Å². The molecule has 0 spiro atoms. The maximum absolute atomic E-state index is 13.1. The van der Waals surface area contributed by atoms with Crippen molar-refractivity contribution >= 4 is 33.5 Å². The average Bonchev–Trinajstić information content (AvgIpc) is 3.22. The fraction of sp³-hybridized carbons (Fsp3) is 0.296. The number of ether oxygens (including phenoxy) is 1. The highest BCUT2D eigenvalue weighted by Gasteiger charge is 2.30. The Hall–Kier alpha value is -3.13. The van der Waals surface area contributed by atoms with Gasteiger partial charge in [-0.05, 0) is 57.0 Å². The molecule has 0 saturated carbocycles. The van der Waals surface area contributed by atoms with E-state index in [0.29, 0.717) is 12.3 Å². The molecule has 4 nitrogen and oxygen atoms in total. The van der Waals surface area contributed by atoms with Gasteiger partial charge in [0.1, 0.15) is 5.75 Å². The van der Waals surface area contributed by atoms with Gasteiger partial charge >= 0.3 is 12.1 Å². The average molecular weight is 504 g/mol. The Kier molecular flexibility index (Phi) is 8.38. The number of hydrogen-bond acceptors (Lipinski definition) is 3. The largest absolute Gasteiger partial charge is 0.480 e. The number of thioether (sulfide) groups is 1. The second kappa shape index (κ2) is 11.1. The maximum Gasteiger partial charge on any atom is 0.416 e. The van der Waals surface area contributed by atoms with Crippen molar-refractivity contribution in [2.45, 2.75) is 46.8 Å². The molecule has 0 bridgehead atoms. The number of hydrogen-bond donors (Lipinski definition) is 1. The lowest BCUT2D eigenvalue weighted by atomic mass is 10.1. The lowest BCUT2D eigenvalue weighted by Gasteiger charge is -2.18. The van der Waals surface area contributed by atoms with E-state index in [0.717, 1.165) is 56.0 Å². The molecule has 1 heterocycles. The number of nitrogens with zero attached hydrogens (tertiary/aromatic N) is 1. The van der Waals surface area contributed by atoms with Gasteiger partial charge in [0.2, 0.25) is 0 Å². The Morgan fingerprint density at radius 2 is 1.74 bits per heavy atom. The standard InChI is InChI=1S/C27H28F3NO3S/c1-5-18(4)26(20-9-11-21(12-10-20)27(28,29)30)35-23(17(2)3)15-31-14-13-19-7-6-8-22(25(19)31)34-16-24(32)33/h6-14H,5,15-16H2,1-4H3,(H,32,33)/b26-18+. The Morgan fingerprint density at radius 3 is 2.31 bits per heavy atom. The van der Waals surface area contributed by atoms with Crippen LogP contribution < -0.4 is 4.74 Å². The summed E-state index contributed by atoms with van der Waals surface area (Å²) in [7, 11) is 0. The molecule has 0 aliphatic rings. The van der Waals surface area contributed by atoms with Gasteiger partial charge < -0.3 is 14.4 Å². The van der Waals surface area contributed by atoms with Crippen LogP contribution in [0.25, 0.3) is 15.8 Å². The quantitative estimate of drug-likeness (QED) is 0.321. The van der Waals surface area contributed by atoms with Crippen molar-refractivity contribution in [3.05, 3.63) is 81.9 Å². The van der Waals surface area contributed by atoms with E-state index in [1.165, 1.54) is 12.1 Å². The molecule has 186 valence electrons. The molecule has 3 rings (SSSR count). The number of carboxylic acids is 1. The van der Waals surface area contributed by atoms with Crippen LogP contribution in [0.5, 0.6) is 5.75 Å². The zero-order valence-corrected chi connectivity index (χ0v) is 20.9. The summed E-state index contributed by atoms with van der Waals surface area (Å²) in [6.45, 7) is 8.08. The topological polar surface area (TPSA) is 51.5 Å². The fourth-order valence-electron chi connectivity index (χ4n) is 3.55. The third-order valence-electron chi connectivity index (χ3n) is 5.59. The number of rotatable bonds is 9. The van der Waals surface area contributed by atoms with Crippen molar-refractivity contribution < 1.29 is 27.8 Å². The Morgan fingerprint density at radius 1 is 1.06 bits per heavy atom. The van der Waals surface area contributed by atoms with Crippen LogP contribution in [0.3, 0.4) is 0 Å². The summed E-state index contributed by atoms with van der Waals surface area (Å²) in [4.78, 5) is 13.0. The number of fused-ring (bicyclic) bond motifs is 1. The van der Waals surface area contributed by atoms with Gasteiger partial charge in [-0.1, -0.05) is 54.1 Å². The normalized spacial score (nSPS) is 12.4. The zero-order chi connectivity index (χ0) is 25.8. The summed E-state index contributed by atoms with van der Waals surface area (Å²) < 4.78 is 46.7. The third-order valence-corrected chi connectivity index (χ3v) is 7.16. The predicted molar refractivity (Wildman–Crippen MR) is 135 cm³/mol. The molecule has 35 heavy (non-hydrogen) atoms. The number of aromatic nitrogens is 1. The van der Waals surface area contributed by atoms with Gasteiger partial charge in [0.25, 0.3) is 0 Å². The second-order valence-corrected chi connectivity index (χ2v) is 9.49. The monoisotopic (exact) mass is 503 g/mol. The van der Waals surface area contributed by atoms with Crippen LogP contribution >= 0.6 is 11.8 Å². The van der Waals surface area contributed by atoms with Crippen molar-refractivity contribution in [1.82, 2.24) is 4.57 Å². The maximum atomic E-state index is 13.1. The van der Waals surface area contributed by atoms with Crippen LogP contribution in [0, 0.1) is 0 Å². The first-order chi connectivity index (χ1) is 16.5. The van der Waals surface area contributed by atoms with Gasteiger partial charge in [-0.15, -0.1) is 0 Å². The molecule has 0 aliphatic heterocycles. The molecular weight excluding hydrogens is 475 g/mol. The summed E-state index contributed by atoms with van der Waals surface area (Å²) in [6, 6.07) is 12.7. The molecule has 0 aliphatic carbocycles.